The second-order valence-corrected chi connectivity index (χ2v) is 5.91. The van der Waals surface area contributed by atoms with E-state index in [1.165, 1.54) is 0 Å². The molecular weight excluding hydrogens is 232 g/mol. The van der Waals surface area contributed by atoms with Gasteiger partial charge >= 0.3 is 6.09 Å². The quantitative estimate of drug-likeness (QED) is 0.801. The molecule has 1 rings (SSSR count). The van der Waals surface area contributed by atoms with Gasteiger partial charge in [-0.05, 0) is 52.5 Å². The summed E-state index contributed by atoms with van der Waals surface area (Å²) < 4.78 is 10.7. The topological polar surface area (TPSA) is 73.6 Å². The second kappa shape index (κ2) is 6.38. The SMILES string of the molecule is CC1OCCC1C(CN)CNC(=O)OC(C)(C)C. The molecule has 0 bridgehead atoms. The van der Waals surface area contributed by atoms with E-state index in [9.17, 15) is 4.79 Å². The molecule has 0 radical (unpaired) electrons. The Morgan fingerprint density at radius 2 is 2.22 bits per heavy atom. The van der Waals surface area contributed by atoms with E-state index in [1.54, 1.807) is 0 Å². The molecule has 1 aliphatic rings. The van der Waals surface area contributed by atoms with E-state index in [-0.39, 0.29) is 18.1 Å². The molecule has 0 aromatic heterocycles. The van der Waals surface area contributed by atoms with Gasteiger partial charge in [-0.3, -0.25) is 0 Å². The van der Waals surface area contributed by atoms with Crippen molar-refractivity contribution in [2.75, 3.05) is 19.7 Å². The molecule has 0 aliphatic carbocycles. The Labute approximate surface area is 109 Å². The van der Waals surface area contributed by atoms with Gasteiger partial charge in [-0.25, -0.2) is 4.79 Å². The lowest BCUT2D eigenvalue weighted by Crippen LogP contribution is -2.40. The van der Waals surface area contributed by atoms with Crippen LogP contribution in [-0.4, -0.2) is 37.5 Å². The molecule has 1 amide bonds. The van der Waals surface area contributed by atoms with Crippen molar-refractivity contribution in [2.45, 2.75) is 45.8 Å². The standard InChI is InChI=1S/C13H26N2O3/c1-9-11(5-6-17-9)10(7-14)8-15-12(16)18-13(2,3)4/h9-11H,5-8,14H2,1-4H3,(H,15,16). The molecule has 3 N–H and O–H groups in total. The smallest absolute Gasteiger partial charge is 0.407 e. The van der Waals surface area contributed by atoms with Crippen LogP contribution in [-0.2, 0) is 9.47 Å². The minimum atomic E-state index is -0.466. The molecule has 18 heavy (non-hydrogen) atoms. The first-order valence-corrected chi connectivity index (χ1v) is 6.62. The number of hydrogen-bond donors (Lipinski definition) is 2. The van der Waals surface area contributed by atoms with Crippen LogP contribution in [0.2, 0.25) is 0 Å². The predicted octanol–water partition coefficient (Wildman–Crippen LogP) is 1.51. The molecule has 106 valence electrons. The maximum Gasteiger partial charge on any atom is 0.407 e. The van der Waals surface area contributed by atoms with Crippen LogP contribution in [0, 0.1) is 11.8 Å². The third-order valence-corrected chi connectivity index (χ3v) is 3.25. The van der Waals surface area contributed by atoms with Gasteiger partial charge in [0.05, 0.1) is 6.10 Å². The van der Waals surface area contributed by atoms with Gasteiger partial charge in [0.25, 0.3) is 0 Å². The highest BCUT2D eigenvalue weighted by molar-refractivity contribution is 5.67. The van der Waals surface area contributed by atoms with Gasteiger partial charge in [0.2, 0.25) is 0 Å². The van der Waals surface area contributed by atoms with Gasteiger partial charge in [0, 0.05) is 13.2 Å². The summed E-state index contributed by atoms with van der Waals surface area (Å²) in [5, 5.41) is 2.79. The fourth-order valence-electron chi connectivity index (χ4n) is 2.31. The van der Waals surface area contributed by atoms with Crippen molar-refractivity contribution < 1.29 is 14.3 Å². The van der Waals surface area contributed by atoms with Gasteiger partial charge in [-0.2, -0.15) is 0 Å². The highest BCUT2D eigenvalue weighted by atomic mass is 16.6. The van der Waals surface area contributed by atoms with Crippen LogP contribution in [0.1, 0.15) is 34.1 Å². The van der Waals surface area contributed by atoms with Crippen molar-refractivity contribution in [3.8, 4) is 0 Å². The molecule has 1 saturated heterocycles. The van der Waals surface area contributed by atoms with Crippen LogP contribution >= 0.6 is 0 Å². The first kappa shape index (κ1) is 15.2. The van der Waals surface area contributed by atoms with E-state index < -0.39 is 5.60 Å². The predicted molar refractivity (Wildman–Crippen MR) is 70.3 cm³/mol. The Kier molecular flexibility index (Phi) is 5.41. The first-order chi connectivity index (χ1) is 8.33. The molecule has 0 spiro atoms. The van der Waals surface area contributed by atoms with E-state index in [2.05, 4.69) is 12.2 Å². The van der Waals surface area contributed by atoms with Gasteiger partial charge in [-0.15, -0.1) is 0 Å². The number of nitrogens with one attached hydrogen (secondary N) is 1. The summed E-state index contributed by atoms with van der Waals surface area (Å²) in [6.45, 7) is 9.49. The second-order valence-electron chi connectivity index (χ2n) is 5.91. The van der Waals surface area contributed by atoms with Crippen LogP contribution in [0.3, 0.4) is 0 Å². The van der Waals surface area contributed by atoms with Gasteiger partial charge in [0.15, 0.2) is 0 Å². The number of hydrogen-bond acceptors (Lipinski definition) is 4. The highest BCUT2D eigenvalue weighted by Crippen LogP contribution is 2.27. The summed E-state index contributed by atoms with van der Waals surface area (Å²) in [4.78, 5) is 11.6. The van der Waals surface area contributed by atoms with Crippen LogP contribution in [0.25, 0.3) is 0 Å². The molecule has 0 aromatic rings. The molecule has 0 aromatic carbocycles. The number of rotatable bonds is 4. The zero-order chi connectivity index (χ0) is 13.8. The molecule has 5 heteroatoms. The Balaban J connectivity index is 2.38. The van der Waals surface area contributed by atoms with E-state index in [4.69, 9.17) is 15.2 Å². The summed E-state index contributed by atoms with van der Waals surface area (Å²) >= 11 is 0. The van der Waals surface area contributed by atoms with Gasteiger partial charge in [-0.1, -0.05) is 0 Å². The summed E-state index contributed by atoms with van der Waals surface area (Å²) in [6.07, 6.45) is 0.852. The van der Waals surface area contributed by atoms with Crippen molar-refractivity contribution in [1.29, 1.82) is 0 Å². The van der Waals surface area contributed by atoms with E-state index in [1.807, 2.05) is 20.8 Å². The van der Waals surface area contributed by atoms with Crippen LogP contribution in [0.4, 0.5) is 4.79 Å². The minimum Gasteiger partial charge on any atom is -0.444 e. The lowest BCUT2D eigenvalue weighted by atomic mass is 9.87. The monoisotopic (exact) mass is 258 g/mol. The maximum absolute atomic E-state index is 11.6. The molecule has 3 unspecified atom stereocenters. The molecule has 3 atom stereocenters. The van der Waals surface area contributed by atoms with Crippen molar-refractivity contribution in [3.63, 3.8) is 0 Å². The van der Waals surface area contributed by atoms with Gasteiger partial charge < -0.3 is 20.5 Å². The molecule has 0 saturated carbocycles. The molecule has 1 aliphatic heterocycles. The molecule has 1 heterocycles. The Hall–Kier alpha value is -0.810. The summed E-state index contributed by atoms with van der Waals surface area (Å²) in [6, 6.07) is 0. The number of carbonyl (C=O) groups is 1. The third-order valence-electron chi connectivity index (χ3n) is 3.25. The lowest BCUT2D eigenvalue weighted by Gasteiger charge is -2.26. The van der Waals surface area contributed by atoms with Crippen molar-refractivity contribution in [2.24, 2.45) is 17.6 Å². The molecule has 1 fully saturated rings. The fraction of sp³-hybridized carbons (Fsp3) is 0.923. The molecule has 5 nitrogen and oxygen atoms in total. The third kappa shape index (κ3) is 4.82. The minimum absolute atomic E-state index is 0.221. The lowest BCUT2D eigenvalue weighted by molar-refractivity contribution is 0.0498. The number of alkyl carbamates (subject to hydrolysis) is 1. The summed E-state index contributed by atoms with van der Waals surface area (Å²) in [5.74, 6) is 0.667. The van der Waals surface area contributed by atoms with Crippen molar-refractivity contribution >= 4 is 6.09 Å². The first-order valence-electron chi connectivity index (χ1n) is 6.62. The maximum atomic E-state index is 11.6. The molecular formula is C13H26N2O3. The van der Waals surface area contributed by atoms with Crippen molar-refractivity contribution in [1.82, 2.24) is 5.32 Å². The average Bonchev–Trinajstić information content (AvgIpc) is 2.63. The Morgan fingerprint density at radius 3 is 2.67 bits per heavy atom. The highest BCUT2D eigenvalue weighted by Gasteiger charge is 2.31. The van der Waals surface area contributed by atoms with E-state index >= 15 is 0 Å². The largest absolute Gasteiger partial charge is 0.444 e. The Bertz CT molecular complexity index is 276. The van der Waals surface area contributed by atoms with Crippen LogP contribution in [0.5, 0.6) is 0 Å². The zero-order valence-electron chi connectivity index (χ0n) is 11.9. The van der Waals surface area contributed by atoms with Crippen LogP contribution in [0.15, 0.2) is 0 Å². The van der Waals surface area contributed by atoms with Crippen LogP contribution < -0.4 is 11.1 Å². The Morgan fingerprint density at radius 1 is 1.56 bits per heavy atom. The van der Waals surface area contributed by atoms with E-state index in [0.717, 1.165) is 13.0 Å². The normalized spacial score (nSPS) is 25.8. The zero-order valence-corrected chi connectivity index (χ0v) is 11.9. The summed E-state index contributed by atoms with van der Waals surface area (Å²) in [7, 11) is 0. The number of carbonyl (C=O) groups excluding carboxylic acids is 1. The fourth-order valence-corrected chi connectivity index (χ4v) is 2.31. The van der Waals surface area contributed by atoms with Gasteiger partial charge in [0.1, 0.15) is 5.60 Å². The average molecular weight is 258 g/mol. The van der Waals surface area contributed by atoms with Crippen molar-refractivity contribution in [3.05, 3.63) is 0 Å². The van der Waals surface area contributed by atoms with E-state index in [0.29, 0.717) is 19.0 Å². The number of amides is 1. The number of nitrogens with two attached hydrogens (primary N) is 1. The number of ether oxygens (including phenoxy) is 2. The summed E-state index contributed by atoms with van der Waals surface area (Å²) in [5.41, 5.74) is 5.31.